The molecule has 26 nitrogen and oxygen atoms in total. The number of nitrogens with zero attached hydrogens (tertiary/aromatic N) is 8. The van der Waals surface area contributed by atoms with Crippen molar-refractivity contribution in [3.8, 4) is 0 Å². The normalized spacial score (nSPS) is 13.3. The Hall–Kier alpha value is -4.62. The largest absolute Gasteiger partial charge is 1.00 e. The van der Waals surface area contributed by atoms with E-state index in [2.05, 4.69) is 41.2 Å². The van der Waals surface area contributed by atoms with Crippen LogP contribution in [-0.2, 0) is 40.5 Å². The zero-order valence-corrected chi connectivity index (χ0v) is 50.8. The number of nitro benzene ring substituents is 1. The van der Waals surface area contributed by atoms with E-state index < -0.39 is 93.4 Å². The van der Waals surface area contributed by atoms with Crippen LogP contribution in [-0.4, -0.2) is 68.3 Å². The zero-order chi connectivity index (χ0) is 52.1. The fourth-order valence-electron chi connectivity index (χ4n) is 7.08. The van der Waals surface area contributed by atoms with Gasteiger partial charge < -0.3 is 29.7 Å². The number of allylic oxidation sites excluding steroid dienone is 1. The van der Waals surface area contributed by atoms with Crippen molar-refractivity contribution in [2.24, 2.45) is 35.8 Å². The summed E-state index contributed by atoms with van der Waals surface area (Å²) in [5, 5.41) is 41.0. The number of Topliss-reactive ketones (excluding diaryl/α,β-unsaturated/α-hetero) is 1. The van der Waals surface area contributed by atoms with Crippen molar-refractivity contribution < 1.29 is 180 Å². The molecule has 0 amide bonds. The maximum absolute atomic E-state index is 14.1. The summed E-state index contributed by atoms with van der Waals surface area (Å²) in [4.78, 5) is 21.5. The first-order valence-electron chi connectivity index (χ1n) is 19.7. The second kappa shape index (κ2) is 25.0. The van der Waals surface area contributed by atoms with E-state index in [9.17, 15) is 66.8 Å². The Morgan fingerprint density at radius 2 is 0.947 bits per heavy atom. The first-order valence-corrected chi connectivity index (χ1v) is 25.3. The maximum atomic E-state index is 14.1. The van der Waals surface area contributed by atoms with Gasteiger partial charge in [-0.15, -0.1) is 30.7 Å². The number of anilines is 3. The Bertz CT molecular complexity index is 4190. The molecule has 0 spiro atoms. The number of ketones is 1. The molecular formula is C42H25N11Na4O15S4. The number of hydrogen-bond donors (Lipinski definition) is 3. The molecule has 0 radical (unpaired) electrons. The quantitative estimate of drug-likeness (QED) is 0.0245. The average Bonchev–Trinajstić information content (AvgIpc) is 3.30. The number of azo groups is 3. The first kappa shape index (κ1) is 63.9. The smallest absolute Gasteiger partial charge is 0.744 e. The molecule has 1 aliphatic carbocycles. The Kier molecular flexibility index (Phi) is 21.0. The van der Waals surface area contributed by atoms with E-state index in [0.717, 1.165) is 48.6 Å². The molecule has 8 rings (SSSR count). The molecule has 0 fully saturated rings. The number of rotatable bonds is 13. The van der Waals surface area contributed by atoms with Gasteiger partial charge in [0.05, 0.1) is 64.2 Å². The van der Waals surface area contributed by atoms with Gasteiger partial charge in [0.25, 0.3) is 5.69 Å². The van der Waals surface area contributed by atoms with Crippen molar-refractivity contribution in [3.05, 3.63) is 137 Å². The molecule has 5 N–H and O–H groups in total. The summed E-state index contributed by atoms with van der Waals surface area (Å²) in [5.74, 6) is -1.00. The predicted octanol–water partition coefficient (Wildman–Crippen LogP) is -4.38. The van der Waals surface area contributed by atoms with Gasteiger partial charge in [0.2, 0.25) is 5.78 Å². The minimum Gasteiger partial charge on any atom is -0.744 e. The monoisotopic (exact) mass is 1140 g/mol. The summed E-state index contributed by atoms with van der Waals surface area (Å²) in [7, 11) is -20.5. The van der Waals surface area contributed by atoms with Crippen LogP contribution in [0.1, 0.15) is 15.9 Å². The first-order chi connectivity index (χ1) is 33.8. The fraction of sp³-hybridized carbons (Fsp3) is 0. The second-order valence-corrected chi connectivity index (χ2v) is 20.4. The molecule has 0 atom stereocenters. The van der Waals surface area contributed by atoms with Crippen LogP contribution in [0.4, 0.5) is 56.9 Å². The van der Waals surface area contributed by atoms with Crippen molar-refractivity contribution in [2.45, 2.75) is 19.6 Å². The third-order valence-corrected chi connectivity index (χ3v) is 13.8. The van der Waals surface area contributed by atoms with Crippen molar-refractivity contribution in [1.29, 1.82) is 0 Å². The van der Waals surface area contributed by atoms with Crippen molar-refractivity contribution >= 4 is 136 Å². The van der Waals surface area contributed by atoms with E-state index in [0.29, 0.717) is 29.0 Å². The van der Waals surface area contributed by atoms with Crippen molar-refractivity contribution in [1.82, 2.24) is 0 Å². The molecule has 0 aliphatic heterocycles. The molecule has 34 heteroatoms. The molecule has 366 valence electrons. The van der Waals surface area contributed by atoms with E-state index in [1.165, 1.54) is 30.3 Å². The van der Waals surface area contributed by atoms with Gasteiger partial charge in [-0.3, -0.25) is 20.3 Å². The minimum absolute atomic E-state index is 0. The fourth-order valence-corrected chi connectivity index (χ4v) is 9.34. The number of hydrazone groups is 1. The van der Waals surface area contributed by atoms with Crippen LogP contribution >= 0.6 is 0 Å². The third-order valence-electron chi connectivity index (χ3n) is 10.4. The van der Waals surface area contributed by atoms with Gasteiger partial charge in [0.15, 0.2) is 0 Å². The van der Waals surface area contributed by atoms with E-state index in [1.807, 2.05) is 0 Å². The Morgan fingerprint density at radius 3 is 1.50 bits per heavy atom. The SMILES string of the molecule is Nc1cc(N)c([N+](=O)[O-])cc1N=Nc1ccc(S(=O)(=O)[O-])c2c1C(=O)C(=NNc1ccc(N=Nc3ccc(N=Nc4cc(S(=O)(=O)[O-])ccc4S(=O)(=O)[O-])c4ccccc34)c3ccc(S(=O)(=O)[O-])cc13)C=C2.[Na+].[Na+].[Na+].[Na+]. The molecule has 0 bridgehead atoms. The van der Waals surface area contributed by atoms with Crippen LogP contribution in [0.3, 0.4) is 0 Å². The van der Waals surface area contributed by atoms with Gasteiger partial charge in [-0.05, 0) is 78.9 Å². The number of carbonyl (C=O) groups is 1. The van der Waals surface area contributed by atoms with Crippen LogP contribution < -0.4 is 135 Å². The Labute approximate surface area is 518 Å². The van der Waals surface area contributed by atoms with Gasteiger partial charge in [0.1, 0.15) is 63.2 Å². The Balaban J connectivity index is 0.00000312. The minimum atomic E-state index is -5.20. The van der Waals surface area contributed by atoms with Crippen LogP contribution in [0.5, 0.6) is 0 Å². The van der Waals surface area contributed by atoms with E-state index in [-0.39, 0.29) is 180 Å². The summed E-state index contributed by atoms with van der Waals surface area (Å²) in [6.45, 7) is 0. The molecule has 7 aromatic rings. The van der Waals surface area contributed by atoms with Gasteiger partial charge in [-0.1, -0.05) is 36.4 Å². The van der Waals surface area contributed by atoms with Crippen LogP contribution in [0.2, 0.25) is 0 Å². The van der Waals surface area contributed by atoms with Gasteiger partial charge in [0, 0.05) is 33.2 Å². The second-order valence-electron chi connectivity index (χ2n) is 14.9. The predicted molar refractivity (Wildman–Crippen MR) is 252 cm³/mol. The number of nitrogen functional groups attached to an aromatic ring is 2. The van der Waals surface area contributed by atoms with E-state index >= 15 is 0 Å². The number of carbonyl (C=O) groups excluding carboxylic acids is 1. The number of fused-ring (bicyclic) bond motifs is 3. The summed E-state index contributed by atoms with van der Waals surface area (Å²) >= 11 is 0. The number of benzene rings is 7. The van der Waals surface area contributed by atoms with Gasteiger partial charge in [-0.2, -0.15) is 5.10 Å². The number of nitrogens with two attached hydrogens (primary N) is 2. The van der Waals surface area contributed by atoms with Gasteiger partial charge in [-0.25, -0.2) is 33.7 Å². The maximum Gasteiger partial charge on any atom is 1.00 e. The van der Waals surface area contributed by atoms with E-state index in [4.69, 9.17) is 11.5 Å². The summed E-state index contributed by atoms with van der Waals surface area (Å²) < 4.78 is 144. The van der Waals surface area contributed by atoms with Crippen molar-refractivity contribution in [3.63, 3.8) is 0 Å². The average molecular weight is 1140 g/mol. The number of nitrogens with one attached hydrogen (secondary N) is 1. The Morgan fingerprint density at radius 1 is 0.474 bits per heavy atom. The summed E-state index contributed by atoms with van der Waals surface area (Å²) in [5.41, 5.74) is 11.1. The van der Waals surface area contributed by atoms with Gasteiger partial charge >= 0.3 is 118 Å². The molecule has 0 aromatic heterocycles. The van der Waals surface area contributed by atoms with Crippen LogP contribution in [0, 0.1) is 10.1 Å². The van der Waals surface area contributed by atoms with Crippen LogP contribution in [0.25, 0.3) is 27.6 Å². The number of nitro groups is 1. The zero-order valence-electron chi connectivity index (χ0n) is 39.5. The van der Waals surface area contributed by atoms with Crippen molar-refractivity contribution in [2.75, 3.05) is 16.9 Å². The van der Waals surface area contributed by atoms with Crippen LogP contribution in [0.15, 0.2) is 171 Å². The number of hydrogen-bond acceptors (Lipinski definition) is 25. The molecule has 0 heterocycles. The molecule has 7 aromatic carbocycles. The molecule has 0 saturated heterocycles. The van der Waals surface area contributed by atoms with E-state index in [1.54, 1.807) is 24.3 Å². The summed E-state index contributed by atoms with van der Waals surface area (Å²) in [6, 6.07) is 20.9. The third kappa shape index (κ3) is 14.0. The molecule has 0 saturated carbocycles. The molecular weight excluding hydrogens is 1120 g/mol. The summed E-state index contributed by atoms with van der Waals surface area (Å²) in [6.07, 6.45) is 2.16. The molecule has 1 aliphatic rings. The topological polar surface area (TPSA) is 440 Å². The molecule has 0 unspecified atom stereocenters. The standard InChI is InChI=1S/C42H29N11O15S4.4Na/c43-28-19-29(44)38(53(55)56)20-36(28)51-49-34-14-16-39(71(63,64)65)26-8-9-35(42(54)41(26)34)50-48-33-13-12-32(25-7-5-21(17-27(25)33)69(57,58)59)46-45-30-10-11-31(24-4-2-1-3-23(24)30)47-52-37-18-22(70(60,61)62)6-15-40(37)72(66,67)68;;;;/h1-20,48H,43-44H2,(H,57,58,59)(H,60,61,62)(H,63,64,65)(H,66,67,68);;;;/q;4*+1/p-4. The molecule has 76 heavy (non-hydrogen) atoms.